The Hall–Kier alpha value is -1.25. The summed E-state index contributed by atoms with van der Waals surface area (Å²) in [4.78, 5) is 4.45. The van der Waals surface area contributed by atoms with Crippen LogP contribution < -0.4 is 10.6 Å². The predicted molar refractivity (Wildman–Crippen MR) is 73.5 cm³/mol. The molecule has 0 saturated heterocycles. The van der Waals surface area contributed by atoms with Crippen LogP contribution in [-0.4, -0.2) is 18.6 Å². The molecule has 2 rings (SSSR count). The maximum atomic E-state index is 4.45. The summed E-state index contributed by atoms with van der Waals surface area (Å²) in [5.41, 5.74) is 0. The quantitative estimate of drug-likeness (QED) is 0.817. The average Bonchev–Trinajstić information content (AvgIpc) is 2.40. The molecule has 1 aliphatic rings. The van der Waals surface area contributed by atoms with Crippen LogP contribution in [0.4, 0.5) is 11.6 Å². The van der Waals surface area contributed by atoms with E-state index in [1.54, 1.807) is 0 Å². The summed E-state index contributed by atoms with van der Waals surface area (Å²) in [5.74, 6) is 2.84. The van der Waals surface area contributed by atoms with Gasteiger partial charge in [-0.1, -0.05) is 38.2 Å². The van der Waals surface area contributed by atoms with Gasteiger partial charge in [0.15, 0.2) is 0 Å². The molecule has 0 amide bonds. The topological polar surface area (TPSA) is 37.0 Å². The molecule has 94 valence electrons. The van der Waals surface area contributed by atoms with Gasteiger partial charge in [0.2, 0.25) is 0 Å². The van der Waals surface area contributed by atoms with E-state index in [0.29, 0.717) is 0 Å². The van der Waals surface area contributed by atoms with Gasteiger partial charge in [-0.05, 0) is 24.5 Å². The first kappa shape index (κ1) is 12.2. The zero-order chi connectivity index (χ0) is 11.9. The van der Waals surface area contributed by atoms with Gasteiger partial charge < -0.3 is 10.6 Å². The van der Waals surface area contributed by atoms with E-state index in [-0.39, 0.29) is 0 Å². The van der Waals surface area contributed by atoms with Crippen molar-refractivity contribution in [3.63, 3.8) is 0 Å². The van der Waals surface area contributed by atoms with E-state index in [9.17, 15) is 0 Å². The number of hydrogen-bond donors (Lipinski definition) is 2. The third-order valence-corrected chi connectivity index (χ3v) is 3.59. The Morgan fingerprint density at radius 2 is 1.94 bits per heavy atom. The smallest absolute Gasteiger partial charge is 0.128 e. The molecule has 0 unspecified atom stereocenters. The number of pyridine rings is 1. The van der Waals surface area contributed by atoms with Crippen LogP contribution in [0.2, 0.25) is 0 Å². The fourth-order valence-electron chi connectivity index (χ4n) is 2.55. The second kappa shape index (κ2) is 6.48. The largest absolute Gasteiger partial charge is 0.373 e. The highest BCUT2D eigenvalue weighted by Crippen LogP contribution is 2.26. The lowest BCUT2D eigenvalue weighted by atomic mass is 9.87. The van der Waals surface area contributed by atoms with Gasteiger partial charge in [-0.3, -0.25) is 0 Å². The summed E-state index contributed by atoms with van der Waals surface area (Å²) in [6.45, 7) is 1.05. The minimum atomic E-state index is 0.924. The van der Waals surface area contributed by atoms with Gasteiger partial charge in [0.05, 0.1) is 0 Å². The molecule has 1 aliphatic carbocycles. The van der Waals surface area contributed by atoms with Crippen LogP contribution >= 0.6 is 0 Å². The molecule has 1 saturated carbocycles. The van der Waals surface area contributed by atoms with Crippen LogP contribution in [-0.2, 0) is 0 Å². The standard InChI is InChI=1S/C14H23N3/c1-15-13-8-5-9-14(17-13)16-11-10-12-6-3-2-4-7-12/h5,8-9,12H,2-4,6-7,10-11H2,1H3,(H2,15,16,17). The lowest BCUT2D eigenvalue weighted by Gasteiger charge is -2.21. The monoisotopic (exact) mass is 233 g/mol. The fourth-order valence-corrected chi connectivity index (χ4v) is 2.55. The second-order valence-electron chi connectivity index (χ2n) is 4.88. The molecule has 1 fully saturated rings. The lowest BCUT2D eigenvalue weighted by molar-refractivity contribution is 0.345. The van der Waals surface area contributed by atoms with Crippen molar-refractivity contribution >= 4 is 11.6 Å². The molecule has 0 bridgehead atoms. The summed E-state index contributed by atoms with van der Waals surface area (Å²) < 4.78 is 0. The summed E-state index contributed by atoms with van der Waals surface area (Å²) >= 11 is 0. The molecule has 1 aromatic rings. The van der Waals surface area contributed by atoms with Crippen molar-refractivity contribution in [2.24, 2.45) is 5.92 Å². The predicted octanol–water partition coefficient (Wildman–Crippen LogP) is 3.51. The van der Waals surface area contributed by atoms with Crippen LogP contribution in [0, 0.1) is 5.92 Å². The maximum Gasteiger partial charge on any atom is 0.128 e. The molecule has 0 aromatic carbocycles. The number of aromatic nitrogens is 1. The van der Waals surface area contributed by atoms with Gasteiger partial charge in [0.25, 0.3) is 0 Å². The molecule has 1 aromatic heterocycles. The molecule has 0 radical (unpaired) electrons. The first-order valence-corrected chi connectivity index (χ1v) is 6.77. The molecule has 3 heteroatoms. The molecule has 0 aliphatic heterocycles. The van der Waals surface area contributed by atoms with Gasteiger partial charge in [0, 0.05) is 13.6 Å². The first-order chi connectivity index (χ1) is 8.38. The summed E-state index contributed by atoms with van der Waals surface area (Å²) in [6, 6.07) is 6.04. The van der Waals surface area contributed by atoms with Gasteiger partial charge in [0.1, 0.15) is 11.6 Å². The third-order valence-electron chi connectivity index (χ3n) is 3.59. The molecular formula is C14H23N3. The number of rotatable bonds is 5. The van der Waals surface area contributed by atoms with E-state index in [1.165, 1.54) is 38.5 Å². The maximum absolute atomic E-state index is 4.45. The Kier molecular flexibility index (Phi) is 4.65. The van der Waals surface area contributed by atoms with E-state index in [0.717, 1.165) is 24.1 Å². The number of hydrogen-bond acceptors (Lipinski definition) is 3. The highest BCUT2D eigenvalue weighted by molar-refractivity contribution is 5.44. The van der Waals surface area contributed by atoms with Crippen molar-refractivity contribution in [2.45, 2.75) is 38.5 Å². The lowest BCUT2D eigenvalue weighted by Crippen LogP contribution is -2.12. The van der Waals surface area contributed by atoms with Gasteiger partial charge in [-0.25, -0.2) is 4.98 Å². The highest BCUT2D eigenvalue weighted by Gasteiger charge is 2.12. The molecule has 1 heterocycles. The van der Waals surface area contributed by atoms with E-state index < -0.39 is 0 Å². The zero-order valence-electron chi connectivity index (χ0n) is 10.7. The SMILES string of the molecule is CNc1cccc(NCCC2CCCCC2)n1. The Balaban J connectivity index is 1.73. The minimum Gasteiger partial charge on any atom is -0.373 e. The van der Waals surface area contributed by atoms with E-state index in [1.807, 2.05) is 25.2 Å². The Morgan fingerprint density at radius 1 is 1.18 bits per heavy atom. The second-order valence-corrected chi connectivity index (χ2v) is 4.88. The number of nitrogens with one attached hydrogen (secondary N) is 2. The van der Waals surface area contributed by atoms with E-state index in [4.69, 9.17) is 0 Å². The molecule has 17 heavy (non-hydrogen) atoms. The van der Waals surface area contributed by atoms with Gasteiger partial charge >= 0.3 is 0 Å². The summed E-state index contributed by atoms with van der Waals surface area (Å²) in [5, 5.41) is 6.47. The van der Waals surface area contributed by atoms with E-state index >= 15 is 0 Å². The van der Waals surface area contributed by atoms with Crippen molar-refractivity contribution < 1.29 is 0 Å². The van der Waals surface area contributed by atoms with Crippen LogP contribution in [0.25, 0.3) is 0 Å². The number of nitrogens with zero attached hydrogens (tertiary/aromatic N) is 1. The van der Waals surface area contributed by atoms with Crippen molar-refractivity contribution in [3.05, 3.63) is 18.2 Å². The summed E-state index contributed by atoms with van der Waals surface area (Å²) in [7, 11) is 1.90. The molecular weight excluding hydrogens is 210 g/mol. The molecule has 0 spiro atoms. The number of anilines is 2. The van der Waals surface area contributed by atoms with Gasteiger partial charge in [-0.15, -0.1) is 0 Å². The Morgan fingerprint density at radius 3 is 2.71 bits per heavy atom. The molecule has 3 nitrogen and oxygen atoms in total. The fraction of sp³-hybridized carbons (Fsp3) is 0.643. The first-order valence-electron chi connectivity index (χ1n) is 6.77. The van der Waals surface area contributed by atoms with Crippen LogP contribution in [0.15, 0.2) is 18.2 Å². The normalized spacial score (nSPS) is 16.8. The highest BCUT2D eigenvalue weighted by atomic mass is 15.0. The van der Waals surface area contributed by atoms with Gasteiger partial charge in [-0.2, -0.15) is 0 Å². The van der Waals surface area contributed by atoms with Crippen molar-refractivity contribution in [2.75, 3.05) is 24.2 Å². The van der Waals surface area contributed by atoms with Crippen molar-refractivity contribution in [3.8, 4) is 0 Å². The summed E-state index contributed by atoms with van der Waals surface area (Å²) in [6.07, 6.45) is 8.43. The Labute approximate surface area is 104 Å². The van der Waals surface area contributed by atoms with Crippen LogP contribution in [0.3, 0.4) is 0 Å². The van der Waals surface area contributed by atoms with E-state index in [2.05, 4.69) is 15.6 Å². The van der Waals surface area contributed by atoms with Crippen molar-refractivity contribution in [1.29, 1.82) is 0 Å². The molecule has 0 atom stereocenters. The molecule has 2 N–H and O–H groups in total. The van der Waals surface area contributed by atoms with Crippen LogP contribution in [0.5, 0.6) is 0 Å². The zero-order valence-corrected chi connectivity index (χ0v) is 10.7. The average molecular weight is 233 g/mol. The minimum absolute atomic E-state index is 0.924. The van der Waals surface area contributed by atoms with Crippen LogP contribution in [0.1, 0.15) is 38.5 Å². The third kappa shape index (κ3) is 3.91. The van der Waals surface area contributed by atoms with Crippen molar-refractivity contribution in [1.82, 2.24) is 4.98 Å². The Bertz CT molecular complexity index is 332.